The molecule has 144 valence electrons. The van der Waals surface area contributed by atoms with Gasteiger partial charge in [-0.1, -0.05) is 47.0 Å². The number of likely N-dealkylation sites (N-methyl/N-ethyl adjacent to an activating group) is 1. The Balaban J connectivity index is 1.99. The first-order chi connectivity index (χ1) is 12.8. The number of amides is 2. The molecule has 0 aliphatic carbocycles. The monoisotopic (exact) mass is 408 g/mol. The van der Waals surface area contributed by atoms with Crippen LogP contribution in [-0.4, -0.2) is 35.9 Å². The van der Waals surface area contributed by atoms with E-state index < -0.39 is 6.10 Å². The maximum absolute atomic E-state index is 12.6. The fraction of sp³-hybridized carbons (Fsp3) is 0.300. The second-order valence-electron chi connectivity index (χ2n) is 6.07. The molecule has 0 fully saturated rings. The van der Waals surface area contributed by atoms with E-state index in [1.807, 2.05) is 31.2 Å². The van der Waals surface area contributed by atoms with Gasteiger partial charge in [-0.3, -0.25) is 9.59 Å². The first-order valence-corrected chi connectivity index (χ1v) is 9.33. The maximum Gasteiger partial charge on any atom is 0.263 e. The fourth-order valence-electron chi connectivity index (χ4n) is 2.44. The minimum Gasteiger partial charge on any atom is -0.481 e. The van der Waals surface area contributed by atoms with Crippen molar-refractivity contribution in [2.45, 2.75) is 26.9 Å². The molecule has 2 amide bonds. The molecule has 5 nitrogen and oxygen atoms in total. The molecule has 0 heterocycles. The predicted molar refractivity (Wildman–Crippen MR) is 109 cm³/mol. The Bertz CT molecular complexity index is 789. The van der Waals surface area contributed by atoms with Gasteiger partial charge in [0.15, 0.2) is 6.10 Å². The van der Waals surface area contributed by atoms with Crippen LogP contribution in [0.4, 0.5) is 5.69 Å². The molecule has 0 aliphatic heterocycles. The van der Waals surface area contributed by atoms with Gasteiger partial charge in [0.1, 0.15) is 5.75 Å². The Morgan fingerprint density at radius 3 is 2.26 bits per heavy atom. The minimum atomic E-state index is -0.718. The van der Waals surface area contributed by atoms with E-state index >= 15 is 0 Å². The van der Waals surface area contributed by atoms with Gasteiger partial charge in [-0.15, -0.1) is 0 Å². The molecular weight excluding hydrogens is 387 g/mol. The SMILES string of the molecule is CCN(CC(=O)Nc1c(Cl)cccc1Cl)C(=O)[C@@H](C)Oc1ccc(C)cc1. The quantitative estimate of drug-likeness (QED) is 0.730. The molecule has 2 aromatic carbocycles. The second kappa shape index (κ2) is 9.62. The van der Waals surface area contributed by atoms with E-state index in [1.54, 1.807) is 32.0 Å². The number of aryl methyl sites for hydroxylation is 1. The van der Waals surface area contributed by atoms with Gasteiger partial charge >= 0.3 is 0 Å². The third kappa shape index (κ3) is 5.88. The van der Waals surface area contributed by atoms with Gasteiger partial charge < -0.3 is 15.0 Å². The van der Waals surface area contributed by atoms with Crippen LogP contribution in [0.2, 0.25) is 10.0 Å². The van der Waals surface area contributed by atoms with E-state index in [1.165, 1.54) is 4.90 Å². The van der Waals surface area contributed by atoms with Crippen molar-refractivity contribution in [1.82, 2.24) is 4.90 Å². The Hall–Kier alpha value is -2.24. The molecule has 0 aliphatic rings. The molecular formula is C20H22Cl2N2O3. The number of ether oxygens (including phenoxy) is 1. The van der Waals surface area contributed by atoms with Gasteiger partial charge in [-0.25, -0.2) is 0 Å². The van der Waals surface area contributed by atoms with E-state index in [-0.39, 0.29) is 18.4 Å². The van der Waals surface area contributed by atoms with Crippen molar-refractivity contribution in [1.29, 1.82) is 0 Å². The highest BCUT2D eigenvalue weighted by atomic mass is 35.5. The fourth-order valence-corrected chi connectivity index (χ4v) is 2.94. The Labute approximate surface area is 169 Å². The lowest BCUT2D eigenvalue weighted by atomic mass is 10.2. The molecule has 7 heteroatoms. The van der Waals surface area contributed by atoms with Crippen molar-refractivity contribution in [2.75, 3.05) is 18.4 Å². The summed E-state index contributed by atoms with van der Waals surface area (Å²) in [6, 6.07) is 12.4. The van der Waals surface area contributed by atoms with Crippen LogP contribution in [0.25, 0.3) is 0 Å². The number of nitrogens with one attached hydrogen (secondary N) is 1. The summed E-state index contributed by atoms with van der Waals surface area (Å²) in [5, 5.41) is 3.32. The van der Waals surface area contributed by atoms with E-state index in [0.717, 1.165) is 5.56 Å². The number of carbonyl (C=O) groups excluding carboxylic acids is 2. The maximum atomic E-state index is 12.6. The first-order valence-electron chi connectivity index (χ1n) is 8.57. The number of anilines is 1. The van der Waals surface area contributed by atoms with E-state index in [9.17, 15) is 9.59 Å². The van der Waals surface area contributed by atoms with Crippen LogP contribution in [0.3, 0.4) is 0 Å². The van der Waals surface area contributed by atoms with Gasteiger partial charge in [0.25, 0.3) is 5.91 Å². The molecule has 2 rings (SSSR count). The molecule has 27 heavy (non-hydrogen) atoms. The molecule has 0 saturated carbocycles. The Morgan fingerprint density at radius 2 is 1.70 bits per heavy atom. The standard InChI is InChI=1S/C20H22Cl2N2O3/c1-4-24(12-18(25)23-19-16(21)6-5-7-17(19)22)20(26)14(3)27-15-10-8-13(2)9-11-15/h5-11,14H,4,12H2,1-3H3,(H,23,25)/t14-/m1/s1. The number of halogens is 2. The lowest BCUT2D eigenvalue weighted by Gasteiger charge is -2.24. The molecule has 0 saturated heterocycles. The summed E-state index contributed by atoms with van der Waals surface area (Å²) in [6.45, 7) is 5.67. The predicted octanol–water partition coefficient (Wildman–Crippen LogP) is 4.56. The summed E-state index contributed by atoms with van der Waals surface area (Å²) in [5.41, 5.74) is 1.43. The van der Waals surface area contributed by atoms with Crippen LogP contribution in [-0.2, 0) is 9.59 Å². The van der Waals surface area contributed by atoms with Crippen molar-refractivity contribution in [3.05, 3.63) is 58.1 Å². The Kier molecular flexibility index (Phi) is 7.51. The number of rotatable bonds is 7. The van der Waals surface area contributed by atoms with Crippen LogP contribution in [0.5, 0.6) is 5.75 Å². The van der Waals surface area contributed by atoms with Gasteiger partial charge in [-0.05, 0) is 45.0 Å². The Morgan fingerprint density at radius 1 is 1.11 bits per heavy atom. The van der Waals surface area contributed by atoms with Crippen molar-refractivity contribution in [3.63, 3.8) is 0 Å². The lowest BCUT2D eigenvalue weighted by molar-refractivity contribution is -0.140. The van der Waals surface area contributed by atoms with Crippen LogP contribution in [0, 0.1) is 6.92 Å². The first kappa shape index (κ1) is 21.1. The molecule has 0 radical (unpaired) electrons. The number of nitrogens with zero attached hydrogens (tertiary/aromatic N) is 1. The van der Waals surface area contributed by atoms with Gasteiger partial charge in [0, 0.05) is 6.54 Å². The second-order valence-corrected chi connectivity index (χ2v) is 6.88. The van der Waals surface area contributed by atoms with Crippen molar-refractivity contribution in [2.24, 2.45) is 0 Å². The molecule has 1 atom stereocenters. The van der Waals surface area contributed by atoms with Crippen LogP contribution < -0.4 is 10.1 Å². The molecule has 1 N–H and O–H groups in total. The number of para-hydroxylation sites is 1. The third-order valence-electron chi connectivity index (χ3n) is 3.94. The summed E-state index contributed by atoms with van der Waals surface area (Å²) in [7, 11) is 0. The molecule has 0 unspecified atom stereocenters. The van der Waals surface area contributed by atoms with E-state index in [2.05, 4.69) is 5.32 Å². The van der Waals surface area contributed by atoms with Crippen LogP contribution in [0.1, 0.15) is 19.4 Å². The summed E-state index contributed by atoms with van der Waals surface area (Å²) >= 11 is 12.1. The van der Waals surface area contributed by atoms with Gasteiger partial charge in [-0.2, -0.15) is 0 Å². The highest BCUT2D eigenvalue weighted by Crippen LogP contribution is 2.29. The van der Waals surface area contributed by atoms with Crippen LogP contribution >= 0.6 is 23.2 Å². The topological polar surface area (TPSA) is 58.6 Å². The average molecular weight is 409 g/mol. The summed E-state index contributed by atoms with van der Waals surface area (Å²) in [5.74, 6) is -0.0639. The zero-order valence-corrected chi connectivity index (χ0v) is 17.0. The molecule has 0 bridgehead atoms. The van der Waals surface area contributed by atoms with Gasteiger partial charge in [0.05, 0.1) is 22.3 Å². The molecule has 0 spiro atoms. The zero-order valence-electron chi connectivity index (χ0n) is 15.5. The lowest BCUT2D eigenvalue weighted by Crippen LogP contribution is -2.44. The summed E-state index contributed by atoms with van der Waals surface area (Å²) in [6.07, 6.45) is -0.718. The number of carbonyl (C=O) groups is 2. The van der Waals surface area contributed by atoms with Crippen molar-refractivity contribution < 1.29 is 14.3 Å². The van der Waals surface area contributed by atoms with E-state index in [4.69, 9.17) is 27.9 Å². The van der Waals surface area contributed by atoms with Gasteiger partial charge in [0.2, 0.25) is 5.91 Å². The van der Waals surface area contributed by atoms with Crippen LogP contribution in [0.15, 0.2) is 42.5 Å². The highest BCUT2D eigenvalue weighted by Gasteiger charge is 2.23. The molecule has 0 aromatic heterocycles. The summed E-state index contributed by atoms with van der Waals surface area (Å²) in [4.78, 5) is 26.4. The number of hydrogen-bond acceptors (Lipinski definition) is 3. The van der Waals surface area contributed by atoms with Crippen molar-refractivity contribution in [3.8, 4) is 5.75 Å². The largest absolute Gasteiger partial charge is 0.481 e. The minimum absolute atomic E-state index is 0.127. The zero-order chi connectivity index (χ0) is 20.0. The van der Waals surface area contributed by atoms with E-state index in [0.29, 0.717) is 28.0 Å². The average Bonchev–Trinajstić information content (AvgIpc) is 2.64. The normalized spacial score (nSPS) is 11.6. The number of benzene rings is 2. The highest BCUT2D eigenvalue weighted by molar-refractivity contribution is 6.39. The summed E-state index contributed by atoms with van der Waals surface area (Å²) < 4.78 is 5.69. The third-order valence-corrected chi connectivity index (χ3v) is 4.57. The number of hydrogen-bond donors (Lipinski definition) is 1. The molecule has 2 aromatic rings. The van der Waals surface area contributed by atoms with Crippen molar-refractivity contribution >= 4 is 40.7 Å². The smallest absolute Gasteiger partial charge is 0.263 e.